The molecule has 1 aliphatic rings. The topological polar surface area (TPSA) is 126 Å². The summed E-state index contributed by atoms with van der Waals surface area (Å²) in [6, 6.07) is 9.15. The number of nitrogens with zero attached hydrogens (tertiary/aromatic N) is 1. The molecule has 0 N–H and O–H groups in total. The third kappa shape index (κ3) is 5.37. The number of amides is 1. The lowest BCUT2D eigenvalue weighted by Gasteiger charge is -2.21. The monoisotopic (exact) mass is 497 g/mol. The third-order valence-corrected chi connectivity index (χ3v) is 6.35. The second-order valence-electron chi connectivity index (χ2n) is 6.57. The normalized spacial score (nSPS) is 14.5. The number of carbonyl (C=O) groups excluding carboxylic acids is 3. The lowest BCUT2D eigenvalue weighted by molar-refractivity contribution is -0.161. The molecule has 1 atom stereocenters. The van der Waals surface area contributed by atoms with E-state index < -0.39 is 40.7 Å². The molecule has 1 heterocycles. The fraction of sp³-hybridized carbons (Fsp3) is 0.286. The van der Waals surface area contributed by atoms with Crippen molar-refractivity contribution in [2.45, 2.75) is 25.0 Å². The van der Waals surface area contributed by atoms with Gasteiger partial charge < -0.3 is 18.9 Å². The van der Waals surface area contributed by atoms with Gasteiger partial charge in [0, 0.05) is 10.6 Å². The summed E-state index contributed by atoms with van der Waals surface area (Å²) in [6.07, 6.45) is -2.52. The van der Waals surface area contributed by atoms with Gasteiger partial charge in [-0.2, -0.15) is 4.31 Å². The van der Waals surface area contributed by atoms with Gasteiger partial charge in [0.25, 0.3) is 10.0 Å². The number of fused-ring (bicyclic) bond motifs is 1. The molecule has 0 bridgehead atoms. The maximum atomic E-state index is 13.0. The van der Waals surface area contributed by atoms with Crippen LogP contribution in [0.25, 0.3) is 0 Å². The molecule has 0 spiro atoms. The van der Waals surface area contributed by atoms with Crippen LogP contribution in [0.1, 0.15) is 24.2 Å². The Morgan fingerprint density at radius 1 is 0.970 bits per heavy atom. The molecule has 2 aromatic carbocycles. The Morgan fingerprint density at radius 2 is 1.61 bits per heavy atom. The first-order valence-electron chi connectivity index (χ1n) is 9.79. The zero-order valence-electron chi connectivity index (χ0n) is 17.6. The average Bonchev–Trinajstić information content (AvgIpc) is 3.21. The van der Waals surface area contributed by atoms with Crippen molar-refractivity contribution in [1.82, 2.24) is 4.31 Å². The highest BCUT2D eigenvalue weighted by molar-refractivity contribution is 7.89. The van der Waals surface area contributed by atoms with E-state index in [4.69, 9.17) is 30.5 Å². The van der Waals surface area contributed by atoms with Gasteiger partial charge in [0.1, 0.15) is 6.54 Å². The Bertz CT molecular complexity index is 1160. The van der Waals surface area contributed by atoms with E-state index in [1.165, 1.54) is 49.4 Å². The van der Waals surface area contributed by atoms with Gasteiger partial charge in [0.05, 0.1) is 18.1 Å². The lowest BCUT2D eigenvalue weighted by Crippen LogP contribution is -2.41. The van der Waals surface area contributed by atoms with Crippen LogP contribution in [0.3, 0.4) is 0 Å². The molecule has 1 aliphatic heterocycles. The summed E-state index contributed by atoms with van der Waals surface area (Å²) in [5.41, 5.74) is 0.0301. The Labute approximate surface area is 195 Å². The molecule has 0 saturated carbocycles. The minimum atomic E-state index is -4.42. The van der Waals surface area contributed by atoms with E-state index in [0.717, 1.165) is 0 Å². The van der Waals surface area contributed by atoms with E-state index in [9.17, 15) is 22.8 Å². The number of carbonyl (C=O) groups is 3. The van der Waals surface area contributed by atoms with Crippen LogP contribution in [0.2, 0.25) is 5.02 Å². The van der Waals surface area contributed by atoms with Gasteiger partial charge in [0.2, 0.25) is 0 Å². The first-order chi connectivity index (χ1) is 15.7. The summed E-state index contributed by atoms with van der Waals surface area (Å²) in [6.45, 7) is 2.34. The van der Waals surface area contributed by atoms with Gasteiger partial charge in [-0.25, -0.2) is 18.0 Å². The number of benzene rings is 2. The van der Waals surface area contributed by atoms with E-state index in [1.807, 2.05) is 0 Å². The average molecular weight is 498 g/mol. The predicted molar refractivity (Wildman–Crippen MR) is 115 cm³/mol. The fourth-order valence-corrected chi connectivity index (χ4v) is 4.23. The zero-order chi connectivity index (χ0) is 24.2. The number of ketones is 1. The molecule has 1 unspecified atom stereocenters. The molecule has 0 aliphatic carbocycles. The highest BCUT2D eigenvalue weighted by Gasteiger charge is 2.35. The van der Waals surface area contributed by atoms with Crippen LogP contribution >= 0.6 is 11.6 Å². The lowest BCUT2D eigenvalue weighted by atomic mass is 10.1. The van der Waals surface area contributed by atoms with Crippen LogP contribution in [0.15, 0.2) is 47.4 Å². The van der Waals surface area contributed by atoms with Crippen molar-refractivity contribution in [1.29, 1.82) is 0 Å². The second kappa shape index (κ2) is 10.1. The summed E-state index contributed by atoms with van der Waals surface area (Å²) >= 11 is 5.81. The van der Waals surface area contributed by atoms with Crippen molar-refractivity contribution >= 4 is 39.5 Å². The van der Waals surface area contributed by atoms with Crippen molar-refractivity contribution < 1.29 is 41.7 Å². The van der Waals surface area contributed by atoms with Crippen molar-refractivity contribution in [3.8, 4) is 11.5 Å². The molecule has 176 valence electrons. The highest BCUT2D eigenvalue weighted by atomic mass is 35.5. The van der Waals surface area contributed by atoms with Gasteiger partial charge in [-0.1, -0.05) is 11.6 Å². The Morgan fingerprint density at radius 3 is 2.24 bits per heavy atom. The van der Waals surface area contributed by atoms with Gasteiger partial charge in [0.15, 0.2) is 17.3 Å². The molecule has 33 heavy (non-hydrogen) atoms. The SMILES string of the molecule is CCOC(=O)C1Oc2ccc(C(=O)CN(C(=O)OCC)S(=O)(=O)c3ccc(Cl)cc3)cc2O1. The predicted octanol–water partition coefficient (Wildman–Crippen LogP) is 3.03. The maximum Gasteiger partial charge on any atom is 0.424 e. The van der Waals surface area contributed by atoms with Crippen LogP contribution in [0.4, 0.5) is 4.79 Å². The van der Waals surface area contributed by atoms with Crippen LogP contribution in [0, 0.1) is 0 Å². The number of esters is 1. The fourth-order valence-electron chi connectivity index (χ4n) is 2.83. The van der Waals surface area contributed by atoms with E-state index in [0.29, 0.717) is 9.33 Å². The molecule has 2 aromatic rings. The number of rotatable bonds is 8. The van der Waals surface area contributed by atoms with Gasteiger partial charge in [-0.05, 0) is 56.3 Å². The molecule has 10 nitrogen and oxygen atoms in total. The molecular formula is C21H20ClNO9S. The molecule has 0 fully saturated rings. The summed E-state index contributed by atoms with van der Waals surface area (Å²) in [5, 5.41) is 0.300. The van der Waals surface area contributed by atoms with Crippen molar-refractivity contribution in [3.63, 3.8) is 0 Å². The molecule has 0 aromatic heterocycles. The van der Waals surface area contributed by atoms with Crippen molar-refractivity contribution in [2.24, 2.45) is 0 Å². The van der Waals surface area contributed by atoms with Gasteiger partial charge in [-0.15, -0.1) is 0 Å². The number of hydrogen-bond acceptors (Lipinski definition) is 9. The first kappa shape index (κ1) is 24.3. The number of halogens is 1. The number of ether oxygens (including phenoxy) is 4. The highest BCUT2D eigenvalue weighted by Crippen LogP contribution is 2.36. The van der Waals surface area contributed by atoms with Crippen LogP contribution in [-0.4, -0.2) is 56.6 Å². The molecule has 3 rings (SSSR count). The summed E-state index contributed by atoms with van der Waals surface area (Å²) in [5.74, 6) is -1.14. The van der Waals surface area contributed by atoms with E-state index >= 15 is 0 Å². The summed E-state index contributed by atoms with van der Waals surface area (Å²) in [7, 11) is -4.42. The van der Waals surface area contributed by atoms with Crippen LogP contribution in [-0.2, 0) is 24.3 Å². The number of Topliss-reactive ketones (excluding diaryl/α,β-unsaturated/α-hetero) is 1. The Balaban J connectivity index is 1.84. The smallest absolute Gasteiger partial charge is 0.424 e. The van der Waals surface area contributed by atoms with Crippen molar-refractivity contribution in [3.05, 3.63) is 53.1 Å². The molecule has 0 radical (unpaired) electrons. The minimum Gasteiger partial charge on any atom is -0.460 e. The number of sulfonamides is 1. The first-order valence-corrected chi connectivity index (χ1v) is 11.6. The summed E-state index contributed by atoms with van der Waals surface area (Å²) < 4.78 is 46.8. The minimum absolute atomic E-state index is 0.0301. The van der Waals surface area contributed by atoms with Gasteiger partial charge in [-0.3, -0.25) is 4.79 Å². The second-order valence-corrected chi connectivity index (χ2v) is 8.87. The maximum absolute atomic E-state index is 13.0. The van der Waals surface area contributed by atoms with Gasteiger partial charge >= 0.3 is 18.4 Å². The van der Waals surface area contributed by atoms with E-state index in [1.54, 1.807) is 6.92 Å². The molecule has 1 amide bonds. The Hall–Kier alpha value is -3.31. The third-order valence-electron chi connectivity index (χ3n) is 4.37. The van der Waals surface area contributed by atoms with Crippen LogP contribution < -0.4 is 9.47 Å². The van der Waals surface area contributed by atoms with E-state index in [-0.39, 0.29) is 35.2 Å². The van der Waals surface area contributed by atoms with E-state index in [2.05, 4.69) is 0 Å². The van der Waals surface area contributed by atoms with Crippen LogP contribution in [0.5, 0.6) is 11.5 Å². The Kier molecular flexibility index (Phi) is 7.44. The number of hydrogen-bond donors (Lipinski definition) is 0. The van der Waals surface area contributed by atoms with Crippen molar-refractivity contribution in [2.75, 3.05) is 19.8 Å². The largest absolute Gasteiger partial charge is 0.460 e. The summed E-state index contributed by atoms with van der Waals surface area (Å²) in [4.78, 5) is 36.9. The standard InChI is InChI=1S/C21H20ClNO9S/c1-3-29-19(25)20-31-17-10-5-13(11-18(17)32-20)16(24)12-23(21(26)30-4-2)33(27,28)15-8-6-14(22)7-9-15/h5-11,20H,3-4,12H2,1-2H3. The molecule has 0 saturated heterocycles. The molecule has 12 heteroatoms. The molecular weight excluding hydrogens is 478 g/mol. The zero-order valence-corrected chi connectivity index (χ0v) is 19.2. The quantitative estimate of drug-likeness (QED) is 0.399.